The van der Waals surface area contributed by atoms with Crippen LogP contribution in [0.3, 0.4) is 0 Å². The van der Waals surface area contributed by atoms with Gasteiger partial charge in [-0.25, -0.2) is 0 Å². The van der Waals surface area contributed by atoms with Crippen molar-refractivity contribution >= 4 is 5.71 Å². The summed E-state index contributed by atoms with van der Waals surface area (Å²) in [5, 5.41) is 20.7. The van der Waals surface area contributed by atoms with E-state index >= 15 is 0 Å². The van der Waals surface area contributed by atoms with Crippen LogP contribution in [0.1, 0.15) is 23.1 Å². The van der Waals surface area contributed by atoms with Gasteiger partial charge in [0.05, 0.1) is 17.3 Å². The molecule has 0 heterocycles. The Kier molecular flexibility index (Phi) is 1.75. The van der Waals surface area contributed by atoms with Crippen molar-refractivity contribution in [3.05, 3.63) is 34.9 Å². The lowest BCUT2D eigenvalue weighted by Crippen LogP contribution is -1.94. The summed E-state index contributed by atoms with van der Waals surface area (Å²) in [6.07, 6.45) is 1.53. The van der Waals surface area contributed by atoms with Gasteiger partial charge in [-0.2, -0.15) is 5.26 Å². The molecule has 2 rings (SSSR count). The van der Waals surface area contributed by atoms with Gasteiger partial charge >= 0.3 is 0 Å². The molecule has 3 nitrogen and oxygen atoms in total. The van der Waals surface area contributed by atoms with Crippen LogP contribution < -0.4 is 0 Å². The van der Waals surface area contributed by atoms with Crippen LogP contribution in [0.5, 0.6) is 0 Å². The number of hydrogen-bond donors (Lipinski definition) is 1. The molecule has 64 valence electrons. The lowest BCUT2D eigenvalue weighted by atomic mass is 10.0. The first kappa shape index (κ1) is 7.81. The first-order chi connectivity index (χ1) is 6.36. The minimum Gasteiger partial charge on any atom is -0.411 e. The van der Waals surface area contributed by atoms with E-state index in [4.69, 9.17) is 10.5 Å². The standard InChI is InChI=1S/C10H8N2O/c11-6-7-2-1-3-9-8(7)4-5-10(9)12-13/h1-3,13H,4-5H2. The number of nitrogens with zero attached hydrogens (tertiary/aromatic N) is 2. The van der Waals surface area contributed by atoms with Crippen molar-refractivity contribution in [2.24, 2.45) is 5.16 Å². The Morgan fingerprint density at radius 3 is 2.92 bits per heavy atom. The highest BCUT2D eigenvalue weighted by atomic mass is 16.4. The topological polar surface area (TPSA) is 56.4 Å². The Labute approximate surface area is 75.9 Å². The SMILES string of the molecule is N#Cc1cccc2c1CCC2=NO. The molecular formula is C10H8N2O. The van der Waals surface area contributed by atoms with E-state index < -0.39 is 0 Å². The Balaban J connectivity index is 2.64. The number of hydrogen-bond acceptors (Lipinski definition) is 3. The Morgan fingerprint density at radius 1 is 1.38 bits per heavy atom. The molecule has 0 spiro atoms. The van der Waals surface area contributed by atoms with Crippen molar-refractivity contribution in [3.8, 4) is 6.07 Å². The van der Waals surface area contributed by atoms with Gasteiger partial charge in [0.15, 0.2) is 0 Å². The number of oxime groups is 1. The van der Waals surface area contributed by atoms with Crippen molar-refractivity contribution in [2.75, 3.05) is 0 Å². The van der Waals surface area contributed by atoms with E-state index in [-0.39, 0.29) is 0 Å². The van der Waals surface area contributed by atoms with Crippen molar-refractivity contribution in [3.63, 3.8) is 0 Å². The highest BCUT2D eigenvalue weighted by molar-refractivity contribution is 6.04. The van der Waals surface area contributed by atoms with Crippen LogP contribution in [0.15, 0.2) is 23.4 Å². The third kappa shape index (κ3) is 1.07. The summed E-state index contributed by atoms with van der Waals surface area (Å²) in [5.41, 5.74) is 3.31. The van der Waals surface area contributed by atoms with Crippen LogP contribution >= 0.6 is 0 Å². The molecule has 1 aliphatic rings. The first-order valence-electron chi connectivity index (χ1n) is 4.10. The van der Waals surface area contributed by atoms with E-state index in [0.717, 1.165) is 24.0 Å². The summed E-state index contributed by atoms with van der Waals surface area (Å²) < 4.78 is 0. The zero-order valence-corrected chi connectivity index (χ0v) is 6.99. The number of benzene rings is 1. The molecule has 0 saturated carbocycles. The maximum Gasteiger partial charge on any atom is 0.0994 e. The zero-order chi connectivity index (χ0) is 9.26. The molecule has 1 N–H and O–H groups in total. The van der Waals surface area contributed by atoms with Crippen molar-refractivity contribution < 1.29 is 5.21 Å². The first-order valence-corrected chi connectivity index (χ1v) is 4.10. The molecule has 1 aromatic carbocycles. The summed E-state index contributed by atoms with van der Waals surface area (Å²) in [5.74, 6) is 0. The second-order valence-corrected chi connectivity index (χ2v) is 2.99. The van der Waals surface area contributed by atoms with Gasteiger partial charge < -0.3 is 5.21 Å². The third-order valence-electron chi connectivity index (χ3n) is 2.34. The zero-order valence-electron chi connectivity index (χ0n) is 6.99. The molecule has 1 aromatic rings. The predicted octanol–water partition coefficient (Wildman–Crippen LogP) is 1.68. The molecular weight excluding hydrogens is 164 g/mol. The molecule has 13 heavy (non-hydrogen) atoms. The molecule has 0 aromatic heterocycles. The highest BCUT2D eigenvalue weighted by Gasteiger charge is 2.20. The maximum absolute atomic E-state index is 8.81. The van der Waals surface area contributed by atoms with E-state index in [2.05, 4.69) is 11.2 Å². The van der Waals surface area contributed by atoms with Crippen molar-refractivity contribution in [2.45, 2.75) is 12.8 Å². The molecule has 0 fully saturated rings. The fourth-order valence-electron chi connectivity index (χ4n) is 1.71. The molecule has 0 radical (unpaired) electrons. The molecule has 0 bridgehead atoms. The normalized spacial score (nSPS) is 17.0. The summed E-state index contributed by atoms with van der Waals surface area (Å²) in [4.78, 5) is 0. The van der Waals surface area contributed by atoms with Gasteiger partial charge in [-0.3, -0.25) is 0 Å². The second kappa shape index (κ2) is 2.91. The van der Waals surface area contributed by atoms with E-state index in [1.165, 1.54) is 0 Å². The van der Waals surface area contributed by atoms with Crippen LogP contribution in [0.4, 0.5) is 0 Å². The lowest BCUT2D eigenvalue weighted by Gasteiger charge is -1.99. The summed E-state index contributed by atoms with van der Waals surface area (Å²) in [7, 11) is 0. The molecule has 0 saturated heterocycles. The molecule has 0 amide bonds. The molecule has 0 aliphatic heterocycles. The molecule has 3 heteroatoms. The predicted molar refractivity (Wildman–Crippen MR) is 47.8 cm³/mol. The summed E-state index contributed by atoms with van der Waals surface area (Å²) in [6, 6.07) is 7.63. The number of rotatable bonds is 0. The molecule has 1 aliphatic carbocycles. The smallest absolute Gasteiger partial charge is 0.0994 e. The largest absolute Gasteiger partial charge is 0.411 e. The quantitative estimate of drug-likeness (QED) is 0.478. The summed E-state index contributed by atoms with van der Waals surface area (Å²) in [6.45, 7) is 0. The minimum atomic E-state index is 0.687. The highest BCUT2D eigenvalue weighted by Crippen LogP contribution is 2.25. The Bertz CT molecular complexity index is 415. The van der Waals surface area contributed by atoms with E-state index in [0.29, 0.717) is 11.3 Å². The van der Waals surface area contributed by atoms with Gasteiger partial charge in [-0.1, -0.05) is 17.3 Å². The Hall–Kier alpha value is -1.82. The molecule has 0 unspecified atom stereocenters. The van der Waals surface area contributed by atoms with Crippen LogP contribution in [0.2, 0.25) is 0 Å². The summed E-state index contributed by atoms with van der Waals surface area (Å²) >= 11 is 0. The monoisotopic (exact) mass is 172 g/mol. The van der Waals surface area contributed by atoms with Crippen LogP contribution in [0, 0.1) is 11.3 Å². The second-order valence-electron chi connectivity index (χ2n) is 2.99. The minimum absolute atomic E-state index is 0.687. The van der Waals surface area contributed by atoms with Crippen LogP contribution in [0.25, 0.3) is 0 Å². The average Bonchev–Trinajstić information content (AvgIpc) is 2.60. The fraction of sp³-hybridized carbons (Fsp3) is 0.200. The maximum atomic E-state index is 8.81. The van der Waals surface area contributed by atoms with Gasteiger partial charge in [0.2, 0.25) is 0 Å². The van der Waals surface area contributed by atoms with Gasteiger partial charge in [-0.05, 0) is 24.5 Å². The van der Waals surface area contributed by atoms with E-state index in [9.17, 15) is 0 Å². The van der Waals surface area contributed by atoms with Crippen molar-refractivity contribution in [1.29, 1.82) is 5.26 Å². The van der Waals surface area contributed by atoms with E-state index in [1.54, 1.807) is 6.07 Å². The van der Waals surface area contributed by atoms with Gasteiger partial charge in [-0.15, -0.1) is 0 Å². The third-order valence-corrected chi connectivity index (χ3v) is 2.34. The van der Waals surface area contributed by atoms with Crippen molar-refractivity contribution in [1.82, 2.24) is 0 Å². The van der Waals surface area contributed by atoms with Gasteiger partial charge in [0, 0.05) is 5.56 Å². The van der Waals surface area contributed by atoms with Gasteiger partial charge in [0.1, 0.15) is 0 Å². The Morgan fingerprint density at radius 2 is 2.23 bits per heavy atom. The van der Waals surface area contributed by atoms with Crippen LogP contribution in [-0.4, -0.2) is 10.9 Å². The fourth-order valence-corrected chi connectivity index (χ4v) is 1.71. The lowest BCUT2D eigenvalue weighted by molar-refractivity contribution is 0.318. The van der Waals surface area contributed by atoms with E-state index in [1.807, 2.05) is 12.1 Å². The number of fused-ring (bicyclic) bond motifs is 1. The van der Waals surface area contributed by atoms with Crippen LogP contribution in [-0.2, 0) is 6.42 Å². The number of nitriles is 1. The molecule has 0 atom stereocenters. The average molecular weight is 172 g/mol. The van der Waals surface area contributed by atoms with Gasteiger partial charge in [0.25, 0.3) is 0 Å².